The minimum absolute atomic E-state index is 0.00655. The molecule has 0 fully saturated rings. The Morgan fingerprint density at radius 3 is 2.30 bits per heavy atom. The normalized spacial score (nSPS) is 13.3. The lowest BCUT2D eigenvalue weighted by atomic mass is 9.88. The summed E-state index contributed by atoms with van der Waals surface area (Å²) in [6.07, 6.45) is 3.26. The minimum atomic E-state index is -3.33. The van der Waals surface area contributed by atoms with Gasteiger partial charge in [0.2, 0.25) is 12.5 Å². The summed E-state index contributed by atoms with van der Waals surface area (Å²) in [5, 5.41) is 16.9. The molecule has 7 nitrogen and oxygen atoms in total. The van der Waals surface area contributed by atoms with E-state index in [9.17, 15) is 22.7 Å². The van der Waals surface area contributed by atoms with E-state index >= 15 is 0 Å². The van der Waals surface area contributed by atoms with Gasteiger partial charge < -0.3 is 29.4 Å². The molecule has 0 unspecified atom stereocenters. The lowest BCUT2D eigenvalue weighted by Crippen LogP contribution is -2.42. The Kier molecular flexibility index (Phi) is 8.67. The lowest BCUT2D eigenvalue weighted by molar-refractivity contribution is -0.578. The Bertz CT molecular complexity index is 1410. The molecule has 4 rings (SSSR count). The molecule has 12 heteroatoms. The molecule has 2 heterocycles. The highest BCUT2D eigenvalue weighted by atomic mass is 32.1. The number of nitrogens with zero attached hydrogens (tertiary/aromatic N) is 1. The van der Waals surface area contributed by atoms with Crippen LogP contribution in [0.5, 0.6) is 23.0 Å². The standard InChI is InChI=1S/C28H26F4N2O5S/c1-28(2,3)17-8-10-34(11-9-17)23(25(40)33-14-16-4-7-20-22(12-16)37-15-36-20)24(35)19-6-5-18(38-26(29)30)13-21(19)39-27(31)32/h4-13,26-27H,14-15H2,1-3H3,(H-,33,35,40). The lowest BCUT2D eigenvalue weighted by Gasteiger charge is -2.21. The third-order valence-corrected chi connectivity index (χ3v) is 6.25. The van der Waals surface area contributed by atoms with Crippen molar-refractivity contribution in [3.8, 4) is 23.0 Å². The van der Waals surface area contributed by atoms with Crippen LogP contribution in [0, 0.1) is 0 Å². The van der Waals surface area contributed by atoms with E-state index < -0.39 is 30.5 Å². The molecule has 0 spiro atoms. The van der Waals surface area contributed by atoms with E-state index in [2.05, 4.69) is 14.8 Å². The number of aromatic nitrogens is 1. The first-order valence-corrected chi connectivity index (χ1v) is 12.5. The van der Waals surface area contributed by atoms with Gasteiger partial charge in [-0.1, -0.05) is 39.1 Å². The molecule has 0 bridgehead atoms. The predicted octanol–water partition coefficient (Wildman–Crippen LogP) is 5.01. The summed E-state index contributed by atoms with van der Waals surface area (Å²) >= 11 is 5.59. The van der Waals surface area contributed by atoms with Crippen LogP contribution in [0.4, 0.5) is 17.6 Å². The number of ether oxygens (including phenoxy) is 4. The molecular weight excluding hydrogens is 552 g/mol. The number of alkyl halides is 4. The first kappa shape index (κ1) is 28.9. The summed E-state index contributed by atoms with van der Waals surface area (Å²) in [6, 6.07) is 11.9. The molecule has 1 aliphatic heterocycles. The molecule has 0 atom stereocenters. The van der Waals surface area contributed by atoms with Gasteiger partial charge in [0.1, 0.15) is 11.5 Å². The van der Waals surface area contributed by atoms with Gasteiger partial charge in [-0.05, 0) is 46.6 Å². The van der Waals surface area contributed by atoms with E-state index in [0.29, 0.717) is 11.5 Å². The molecule has 0 radical (unpaired) electrons. The van der Waals surface area contributed by atoms with Crippen LogP contribution in [-0.2, 0) is 12.0 Å². The van der Waals surface area contributed by atoms with Crippen molar-refractivity contribution >= 4 is 28.7 Å². The van der Waals surface area contributed by atoms with Gasteiger partial charge in [-0.3, -0.25) is 0 Å². The van der Waals surface area contributed by atoms with Crippen molar-refractivity contribution in [2.75, 3.05) is 6.79 Å². The zero-order valence-electron chi connectivity index (χ0n) is 21.8. The van der Waals surface area contributed by atoms with Crippen LogP contribution in [0.2, 0.25) is 0 Å². The zero-order chi connectivity index (χ0) is 29.0. The first-order valence-electron chi connectivity index (χ1n) is 12.1. The van der Waals surface area contributed by atoms with Crippen molar-refractivity contribution in [1.82, 2.24) is 5.32 Å². The first-order chi connectivity index (χ1) is 18.9. The fourth-order valence-electron chi connectivity index (χ4n) is 3.92. The Balaban J connectivity index is 1.75. The van der Waals surface area contributed by atoms with Crippen LogP contribution in [0.1, 0.15) is 37.5 Å². The van der Waals surface area contributed by atoms with Gasteiger partial charge in [0.25, 0.3) is 0 Å². The summed E-state index contributed by atoms with van der Waals surface area (Å²) in [4.78, 5) is 0.00655. The van der Waals surface area contributed by atoms with Gasteiger partial charge in [-0.25, -0.2) is 0 Å². The molecule has 0 saturated heterocycles. The van der Waals surface area contributed by atoms with Gasteiger partial charge in [0.15, 0.2) is 28.9 Å². The minimum Gasteiger partial charge on any atom is -0.867 e. The number of pyridine rings is 1. The number of thiocarbonyl (C=S) groups is 1. The summed E-state index contributed by atoms with van der Waals surface area (Å²) in [5.74, 6) is -0.696. The van der Waals surface area contributed by atoms with Gasteiger partial charge >= 0.3 is 13.2 Å². The highest BCUT2D eigenvalue weighted by Gasteiger charge is 2.24. The van der Waals surface area contributed by atoms with E-state index in [0.717, 1.165) is 29.3 Å². The van der Waals surface area contributed by atoms with Gasteiger partial charge in [-0.15, -0.1) is 0 Å². The van der Waals surface area contributed by atoms with Crippen LogP contribution >= 0.6 is 12.2 Å². The van der Waals surface area contributed by atoms with Gasteiger partial charge in [-0.2, -0.15) is 22.1 Å². The van der Waals surface area contributed by atoms with Crippen LogP contribution in [0.15, 0.2) is 60.9 Å². The van der Waals surface area contributed by atoms with Crippen molar-refractivity contribution in [1.29, 1.82) is 0 Å². The molecule has 0 amide bonds. The van der Waals surface area contributed by atoms with Gasteiger partial charge in [0.05, 0.1) is 0 Å². The molecule has 0 saturated carbocycles. The molecule has 1 aromatic heterocycles. The van der Waals surface area contributed by atoms with Crippen LogP contribution < -0.4 is 33.9 Å². The van der Waals surface area contributed by atoms with Crippen molar-refractivity contribution in [3.05, 3.63) is 77.6 Å². The highest BCUT2D eigenvalue weighted by molar-refractivity contribution is 7.81. The molecule has 3 aromatic rings. The number of fused-ring (bicyclic) bond motifs is 1. The van der Waals surface area contributed by atoms with Crippen molar-refractivity contribution in [2.45, 2.75) is 46.0 Å². The van der Waals surface area contributed by atoms with Gasteiger partial charge in [0, 0.05) is 30.3 Å². The average Bonchev–Trinajstić information content (AvgIpc) is 3.35. The van der Waals surface area contributed by atoms with E-state index in [4.69, 9.17) is 21.7 Å². The maximum Gasteiger partial charge on any atom is 0.387 e. The summed E-state index contributed by atoms with van der Waals surface area (Å²) in [5.41, 5.74) is 1.18. The largest absolute Gasteiger partial charge is 0.867 e. The van der Waals surface area contributed by atoms with E-state index in [1.807, 2.05) is 32.9 Å². The van der Waals surface area contributed by atoms with E-state index in [1.165, 1.54) is 4.57 Å². The Morgan fingerprint density at radius 1 is 0.975 bits per heavy atom. The Hall–Kier alpha value is -4.06. The third kappa shape index (κ3) is 6.92. The maximum atomic E-state index is 13.8. The number of halogens is 4. The monoisotopic (exact) mass is 578 g/mol. The molecular formula is C28H26F4N2O5S. The number of rotatable bonds is 9. The highest BCUT2D eigenvalue weighted by Crippen LogP contribution is 2.33. The quantitative estimate of drug-likeness (QED) is 0.126. The fourth-order valence-corrected chi connectivity index (χ4v) is 4.19. The second-order valence-corrected chi connectivity index (χ2v) is 10.1. The fraction of sp³-hybridized carbons (Fsp3) is 0.286. The maximum absolute atomic E-state index is 13.8. The molecule has 2 aromatic carbocycles. The van der Waals surface area contributed by atoms with Crippen molar-refractivity contribution < 1.29 is 46.2 Å². The number of benzene rings is 2. The second-order valence-electron chi connectivity index (χ2n) is 9.71. The zero-order valence-corrected chi connectivity index (χ0v) is 22.6. The second kappa shape index (κ2) is 12.0. The SMILES string of the molecule is CC(C)(C)c1cc[n+](/C(C(=S)NCc2ccc3c(c2)OCO3)=C(/[O-])c2ccc(OC(F)F)cc2OC(F)F)cc1. The number of hydrogen-bond acceptors (Lipinski definition) is 6. The van der Waals surface area contributed by atoms with Crippen molar-refractivity contribution in [3.63, 3.8) is 0 Å². The molecule has 0 aliphatic carbocycles. The Morgan fingerprint density at radius 2 is 1.65 bits per heavy atom. The average molecular weight is 579 g/mol. The topological polar surface area (TPSA) is 75.9 Å². The Labute approximate surface area is 233 Å². The van der Waals surface area contributed by atoms with E-state index in [1.54, 1.807) is 30.6 Å². The smallest absolute Gasteiger partial charge is 0.387 e. The molecule has 40 heavy (non-hydrogen) atoms. The molecule has 1 N–H and O–H groups in total. The third-order valence-electron chi connectivity index (χ3n) is 5.91. The molecule has 212 valence electrons. The van der Waals surface area contributed by atoms with Crippen molar-refractivity contribution in [2.24, 2.45) is 0 Å². The van der Waals surface area contributed by atoms with Crippen LogP contribution in [0.3, 0.4) is 0 Å². The summed E-state index contributed by atoms with van der Waals surface area (Å²) < 4.78 is 72.8. The summed E-state index contributed by atoms with van der Waals surface area (Å²) in [6.45, 7) is -0.138. The number of hydrogen-bond donors (Lipinski definition) is 1. The van der Waals surface area contributed by atoms with Crippen LogP contribution in [-0.4, -0.2) is 25.0 Å². The van der Waals surface area contributed by atoms with E-state index in [-0.39, 0.29) is 35.0 Å². The number of nitrogens with one attached hydrogen (secondary N) is 1. The predicted molar refractivity (Wildman–Crippen MR) is 140 cm³/mol. The molecule has 1 aliphatic rings. The van der Waals surface area contributed by atoms with Crippen LogP contribution in [0.25, 0.3) is 11.5 Å². The summed E-state index contributed by atoms with van der Waals surface area (Å²) in [7, 11) is 0.